The molecule has 0 heterocycles. The van der Waals surface area contributed by atoms with Crippen LogP contribution in [0.25, 0.3) is 0 Å². The lowest BCUT2D eigenvalue weighted by molar-refractivity contribution is -0.135. The van der Waals surface area contributed by atoms with E-state index in [1.54, 1.807) is 0 Å². The van der Waals surface area contributed by atoms with Crippen LogP contribution in [-0.2, 0) is 10.0 Å². The maximum Gasteiger partial charge on any atom is 0.390 e. The largest absolute Gasteiger partial charge is 0.396 e. The molecule has 21 heavy (non-hydrogen) atoms. The summed E-state index contributed by atoms with van der Waals surface area (Å²) in [5.74, 6) is -0.762. The molecular formula is C12H16F4N2O2S. The van der Waals surface area contributed by atoms with E-state index in [0.29, 0.717) is 4.31 Å². The molecule has 0 saturated heterocycles. The molecule has 0 saturated carbocycles. The summed E-state index contributed by atoms with van der Waals surface area (Å²) in [7, 11) is -3.13. The minimum atomic E-state index is -4.46. The second-order valence-corrected chi connectivity index (χ2v) is 6.72. The molecule has 0 aliphatic heterocycles. The van der Waals surface area contributed by atoms with E-state index in [4.69, 9.17) is 5.73 Å². The molecule has 1 rings (SSSR count). The van der Waals surface area contributed by atoms with Gasteiger partial charge >= 0.3 is 6.18 Å². The molecule has 0 aliphatic carbocycles. The van der Waals surface area contributed by atoms with Crippen molar-refractivity contribution >= 4 is 15.7 Å². The number of hydrogen-bond donors (Lipinski definition) is 1. The summed E-state index contributed by atoms with van der Waals surface area (Å²) >= 11 is 0. The van der Waals surface area contributed by atoms with Gasteiger partial charge in [-0.25, -0.2) is 17.1 Å². The van der Waals surface area contributed by atoms with Crippen molar-refractivity contribution in [2.24, 2.45) is 0 Å². The van der Waals surface area contributed by atoms with Crippen LogP contribution in [0.3, 0.4) is 0 Å². The Hall–Kier alpha value is -1.35. The highest BCUT2D eigenvalue weighted by atomic mass is 32.2. The quantitative estimate of drug-likeness (QED) is 0.682. The summed E-state index contributed by atoms with van der Waals surface area (Å²) in [5, 5.41) is 0. The van der Waals surface area contributed by atoms with Crippen LogP contribution in [0, 0.1) is 19.7 Å². The standard InChI is InChI=1S/C12H16F4N2O2S/c1-7-6-9(13)10(17)8(2)11(7)21(19,20)18(3)5-4-12(14,15)16/h6H,4-5,17H2,1-3H3. The average Bonchev–Trinajstić information content (AvgIpc) is 2.31. The van der Waals surface area contributed by atoms with Crippen molar-refractivity contribution in [1.29, 1.82) is 0 Å². The Kier molecular flexibility index (Phi) is 4.89. The van der Waals surface area contributed by atoms with Crippen LogP contribution in [0.15, 0.2) is 11.0 Å². The monoisotopic (exact) mass is 328 g/mol. The van der Waals surface area contributed by atoms with E-state index in [0.717, 1.165) is 13.1 Å². The molecule has 1 aromatic carbocycles. The fraction of sp³-hybridized carbons (Fsp3) is 0.500. The van der Waals surface area contributed by atoms with Gasteiger partial charge in [-0.05, 0) is 31.0 Å². The zero-order valence-electron chi connectivity index (χ0n) is 11.8. The molecule has 0 radical (unpaired) electrons. The molecule has 0 atom stereocenters. The Balaban J connectivity index is 3.23. The van der Waals surface area contributed by atoms with E-state index < -0.39 is 35.0 Å². The van der Waals surface area contributed by atoms with E-state index in [9.17, 15) is 26.0 Å². The first kappa shape index (κ1) is 17.7. The third-order valence-electron chi connectivity index (χ3n) is 3.08. The fourth-order valence-electron chi connectivity index (χ4n) is 1.89. The summed E-state index contributed by atoms with van der Waals surface area (Å²) in [6.45, 7) is 1.96. The number of benzene rings is 1. The summed E-state index contributed by atoms with van der Waals surface area (Å²) in [6, 6.07) is 0.951. The Morgan fingerprint density at radius 2 is 1.81 bits per heavy atom. The molecular weight excluding hydrogens is 312 g/mol. The van der Waals surface area contributed by atoms with E-state index in [-0.39, 0.29) is 21.7 Å². The number of sulfonamides is 1. The van der Waals surface area contributed by atoms with Crippen LogP contribution in [0.1, 0.15) is 17.5 Å². The van der Waals surface area contributed by atoms with Crippen molar-refractivity contribution in [3.05, 3.63) is 23.0 Å². The van der Waals surface area contributed by atoms with Gasteiger partial charge in [0.15, 0.2) is 0 Å². The molecule has 0 fully saturated rings. The lowest BCUT2D eigenvalue weighted by atomic mass is 10.1. The van der Waals surface area contributed by atoms with Crippen molar-refractivity contribution < 1.29 is 26.0 Å². The maximum absolute atomic E-state index is 13.4. The Labute approximate surface area is 120 Å². The fourth-order valence-corrected chi connectivity index (χ4v) is 3.49. The second-order valence-electron chi connectivity index (χ2n) is 4.73. The topological polar surface area (TPSA) is 63.4 Å². The minimum Gasteiger partial charge on any atom is -0.396 e. The molecule has 0 amide bonds. The average molecular weight is 328 g/mol. The van der Waals surface area contributed by atoms with Crippen molar-refractivity contribution in [3.8, 4) is 0 Å². The maximum atomic E-state index is 13.4. The molecule has 2 N–H and O–H groups in total. The Morgan fingerprint density at radius 3 is 2.29 bits per heavy atom. The van der Waals surface area contributed by atoms with Crippen LogP contribution in [-0.4, -0.2) is 32.5 Å². The predicted octanol–water partition coefficient (Wildman–Crippen LogP) is 2.60. The highest BCUT2D eigenvalue weighted by Crippen LogP contribution is 2.30. The number of nitrogens with zero attached hydrogens (tertiary/aromatic N) is 1. The highest BCUT2D eigenvalue weighted by molar-refractivity contribution is 7.89. The number of rotatable bonds is 4. The number of nitrogens with two attached hydrogens (primary N) is 1. The summed E-state index contributed by atoms with van der Waals surface area (Å²) in [5.41, 5.74) is 5.21. The summed E-state index contributed by atoms with van der Waals surface area (Å²) in [4.78, 5) is -0.258. The normalized spacial score (nSPS) is 13.0. The van der Waals surface area contributed by atoms with Gasteiger partial charge in [0.25, 0.3) is 0 Å². The summed E-state index contributed by atoms with van der Waals surface area (Å²) < 4.78 is 75.3. The van der Waals surface area contributed by atoms with E-state index in [1.165, 1.54) is 13.8 Å². The highest BCUT2D eigenvalue weighted by Gasteiger charge is 2.32. The zero-order valence-corrected chi connectivity index (χ0v) is 12.6. The number of aryl methyl sites for hydroxylation is 1. The molecule has 0 unspecified atom stereocenters. The lowest BCUT2D eigenvalue weighted by Gasteiger charge is -2.21. The number of alkyl halides is 3. The van der Waals surface area contributed by atoms with Crippen molar-refractivity contribution in [2.45, 2.75) is 31.3 Å². The SMILES string of the molecule is Cc1cc(F)c(N)c(C)c1S(=O)(=O)N(C)CCC(F)(F)F. The van der Waals surface area contributed by atoms with Gasteiger partial charge in [0.2, 0.25) is 10.0 Å². The van der Waals surface area contributed by atoms with E-state index >= 15 is 0 Å². The molecule has 0 aromatic heterocycles. The zero-order chi connectivity index (χ0) is 16.6. The van der Waals surface area contributed by atoms with E-state index in [1.807, 2.05) is 0 Å². The van der Waals surface area contributed by atoms with Gasteiger partial charge < -0.3 is 5.73 Å². The number of anilines is 1. The van der Waals surface area contributed by atoms with Gasteiger partial charge in [-0.1, -0.05) is 0 Å². The first-order valence-corrected chi connectivity index (χ1v) is 7.40. The van der Waals surface area contributed by atoms with Gasteiger partial charge in [-0.2, -0.15) is 13.2 Å². The van der Waals surface area contributed by atoms with Crippen LogP contribution in [0.5, 0.6) is 0 Å². The Bertz CT molecular complexity index is 642. The van der Waals surface area contributed by atoms with Gasteiger partial charge in [0, 0.05) is 13.6 Å². The van der Waals surface area contributed by atoms with Crippen molar-refractivity contribution in [1.82, 2.24) is 4.31 Å². The first-order valence-electron chi connectivity index (χ1n) is 5.96. The molecule has 0 spiro atoms. The minimum absolute atomic E-state index is 0.00800. The number of hydrogen-bond acceptors (Lipinski definition) is 3. The Morgan fingerprint density at radius 1 is 1.29 bits per heavy atom. The molecule has 0 bridgehead atoms. The number of halogens is 4. The second kappa shape index (κ2) is 5.80. The summed E-state index contributed by atoms with van der Waals surface area (Å²) in [6.07, 6.45) is -5.73. The van der Waals surface area contributed by atoms with Gasteiger partial charge in [-0.15, -0.1) is 0 Å². The smallest absolute Gasteiger partial charge is 0.390 e. The third kappa shape index (κ3) is 3.85. The first-order chi connectivity index (χ1) is 9.38. The predicted molar refractivity (Wildman–Crippen MR) is 70.8 cm³/mol. The lowest BCUT2D eigenvalue weighted by Crippen LogP contribution is -2.31. The van der Waals surface area contributed by atoms with E-state index in [2.05, 4.69) is 0 Å². The third-order valence-corrected chi connectivity index (χ3v) is 5.23. The van der Waals surface area contributed by atoms with Crippen molar-refractivity contribution in [3.63, 3.8) is 0 Å². The molecule has 4 nitrogen and oxygen atoms in total. The van der Waals surface area contributed by atoms with Crippen LogP contribution in [0.2, 0.25) is 0 Å². The molecule has 1 aromatic rings. The van der Waals surface area contributed by atoms with Crippen LogP contribution in [0.4, 0.5) is 23.2 Å². The van der Waals surface area contributed by atoms with Crippen LogP contribution >= 0.6 is 0 Å². The van der Waals surface area contributed by atoms with Gasteiger partial charge in [0.05, 0.1) is 17.0 Å². The van der Waals surface area contributed by atoms with Crippen molar-refractivity contribution in [2.75, 3.05) is 19.3 Å². The molecule has 0 aliphatic rings. The molecule has 120 valence electrons. The number of nitrogen functional groups attached to an aromatic ring is 1. The van der Waals surface area contributed by atoms with Crippen LogP contribution < -0.4 is 5.73 Å². The molecule has 9 heteroatoms. The van der Waals surface area contributed by atoms with Gasteiger partial charge in [-0.3, -0.25) is 0 Å². The van der Waals surface area contributed by atoms with Gasteiger partial charge in [0.1, 0.15) is 5.82 Å².